The minimum atomic E-state index is -0.292. The van der Waals surface area contributed by atoms with E-state index in [9.17, 15) is 4.79 Å². The van der Waals surface area contributed by atoms with E-state index >= 15 is 0 Å². The lowest BCUT2D eigenvalue weighted by Crippen LogP contribution is -2.29. The second-order valence-corrected chi connectivity index (χ2v) is 5.45. The minimum absolute atomic E-state index is 0.145. The van der Waals surface area contributed by atoms with Crippen LogP contribution in [0.15, 0.2) is 27.5 Å². The van der Waals surface area contributed by atoms with Gasteiger partial charge in [0, 0.05) is 6.54 Å². The Balaban J connectivity index is 2.07. The van der Waals surface area contributed by atoms with Crippen molar-refractivity contribution in [2.45, 2.75) is 20.0 Å². The molecular formula is C14H19ClN4O2. The molecule has 0 aliphatic carbocycles. The molecule has 1 N–H and O–H groups in total. The van der Waals surface area contributed by atoms with Crippen molar-refractivity contribution in [3.63, 3.8) is 0 Å². The Hall–Kier alpha value is -1.79. The third-order valence-corrected chi connectivity index (χ3v) is 3.36. The van der Waals surface area contributed by atoms with Crippen LogP contribution in [0.3, 0.4) is 0 Å². The third-order valence-electron chi connectivity index (χ3n) is 2.99. The summed E-state index contributed by atoms with van der Waals surface area (Å²) < 4.78 is 6.81. The topological polar surface area (TPSA) is 63.3 Å². The molecule has 0 amide bonds. The first-order chi connectivity index (χ1) is 9.97. The van der Waals surface area contributed by atoms with Gasteiger partial charge in [-0.3, -0.25) is 4.79 Å². The van der Waals surface area contributed by atoms with E-state index in [-0.39, 0.29) is 10.6 Å². The molecule has 0 aliphatic heterocycles. The van der Waals surface area contributed by atoms with E-state index < -0.39 is 0 Å². The summed E-state index contributed by atoms with van der Waals surface area (Å²) in [6.45, 7) is 3.56. The molecule has 0 unspecified atom stereocenters. The first-order valence-corrected chi connectivity index (χ1v) is 7.04. The Morgan fingerprint density at radius 3 is 2.81 bits per heavy atom. The standard InChI is InChI=1S/C14H19ClN4O2/c1-10-4-5-11(21-10)8-16-12-9-17-19(7-6-18(2)3)14(20)13(12)15/h4-5,9,16H,6-8H2,1-3H3. The van der Waals surface area contributed by atoms with Crippen LogP contribution in [0, 0.1) is 6.92 Å². The van der Waals surface area contributed by atoms with Gasteiger partial charge in [-0.25, -0.2) is 4.68 Å². The first-order valence-electron chi connectivity index (χ1n) is 6.67. The van der Waals surface area contributed by atoms with Gasteiger partial charge in [-0.1, -0.05) is 11.6 Å². The maximum Gasteiger partial charge on any atom is 0.287 e. The molecule has 114 valence electrons. The van der Waals surface area contributed by atoms with E-state index in [1.165, 1.54) is 4.68 Å². The van der Waals surface area contributed by atoms with E-state index in [0.29, 0.717) is 18.8 Å². The lowest BCUT2D eigenvalue weighted by molar-refractivity contribution is 0.367. The molecule has 0 radical (unpaired) electrons. The van der Waals surface area contributed by atoms with Crippen LogP contribution in [-0.4, -0.2) is 35.3 Å². The van der Waals surface area contributed by atoms with Crippen LogP contribution in [0.25, 0.3) is 0 Å². The van der Waals surface area contributed by atoms with Crippen LogP contribution in [0.2, 0.25) is 5.02 Å². The predicted molar refractivity (Wildman–Crippen MR) is 82.8 cm³/mol. The Morgan fingerprint density at radius 2 is 2.19 bits per heavy atom. The highest BCUT2D eigenvalue weighted by molar-refractivity contribution is 6.32. The van der Waals surface area contributed by atoms with Crippen LogP contribution in [0.5, 0.6) is 0 Å². The van der Waals surface area contributed by atoms with Gasteiger partial charge in [0.2, 0.25) is 0 Å². The zero-order chi connectivity index (χ0) is 15.4. The number of halogens is 1. The summed E-state index contributed by atoms with van der Waals surface area (Å²) in [5.74, 6) is 1.62. The molecule has 0 fully saturated rings. The van der Waals surface area contributed by atoms with Gasteiger partial charge in [0.1, 0.15) is 16.5 Å². The molecule has 0 saturated heterocycles. The fourth-order valence-corrected chi connectivity index (χ4v) is 2.02. The van der Waals surface area contributed by atoms with Gasteiger partial charge in [0.25, 0.3) is 5.56 Å². The summed E-state index contributed by atoms with van der Waals surface area (Å²) in [5, 5.41) is 7.34. The van der Waals surface area contributed by atoms with Crippen LogP contribution in [0.1, 0.15) is 11.5 Å². The van der Waals surface area contributed by atoms with Crippen molar-refractivity contribution in [2.24, 2.45) is 0 Å². The minimum Gasteiger partial charge on any atom is -0.465 e. The maximum absolute atomic E-state index is 12.1. The Kier molecular flexibility index (Phi) is 5.03. The normalized spacial score (nSPS) is 11.1. The summed E-state index contributed by atoms with van der Waals surface area (Å²) in [5.41, 5.74) is 0.218. The molecule has 2 rings (SSSR count). The molecule has 2 aromatic heterocycles. The number of likely N-dealkylation sites (N-methyl/N-ethyl adjacent to an activating group) is 1. The second kappa shape index (κ2) is 6.78. The highest BCUT2D eigenvalue weighted by atomic mass is 35.5. The molecule has 0 spiro atoms. The molecular weight excluding hydrogens is 292 g/mol. The quantitative estimate of drug-likeness (QED) is 0.884. The molecule has 0 aliphatic rings. The van der Waals surface area contributed by atoms with Crippen molar-refractivity contribution >= 4 is 17.3 Å². The average molecular weight is 311 g/mol. The van der Waals surface area contributed by atoms with Gasteiger partial charge in [0.05, 0.1) is 25.0 Å². The Labute approximate surface area is 128 Å². The average Bonchev–Trinajstić information content (AvgIpc) is 2.85. The molecule has 2 heterocycles. The van der Waals surface area contributed by atoms with Crippen molar-refractivity contribution < 1.29 is 4.42 Å². The Morgan fingerprint density at radius 1 is 1.43 bits per heavy atom. The number of aryl methyl sites for hydroxylation is 1. The molecule has 0 aromatic carbocycles. The fraction of sp³-hybridized carbons (Fsp3) is 0.429. The summed E-state index contributed by atoms with van der Waals surface area (Å²) >= 11 is 6.11. The summed E-state index contributed by atoms with van der Waals surface area (Å²) in [4.78, 5) is 14.1. The third kappa shape index (κ3) is 4.09. The number of nitrogens with zero attached hydrogens (tertiary/aromatic N) is 3. The summed E-state index contributed by atoms with van der Waals surface area (Å²) in [6.07, 6.45) is 1.56. The number of rotatable bonds is 6. The van der Waals surface area contributed by atoms with Crippen LogP contribution < -0.4 is 10.9 Å². The van der Waals surface area contributed by atoms with Crippen LogP contribution >= 0.6 is 11.6 Å². The Bertz CT molecular complexity index is 663. The monoisotopic (exact) mass is 310 g/mol. The smallest absolute Gasteiger partial charge is 0.287 e. The van der Waals surface area contributed by atoms with Gasteiger partial charge >= 0.3 is 0 Å². The van der Waals surface area contributed by atoms with E-state index in [2.05, 4.69) is 10.4 Å². The van der Waals surface area contributed by atoms with E-state index in [4.69, 9.17) is 16.0 Å². The maximum atomic E-state index is 12.1. The fourth-order valence-electron chi connectivity index (χ4n) is 1.80. The van der Waals surface area contributed by atoms with Crippen molar-refractivity contribution in [1.82, 2.24) is 14.7 Å². The van der Waals surface area contributed by atoms with Crippen LogP contribution in [-0.2, 0) is 13.1 Å². The molecule has 21 heavy (non-hydrogen) atoms. The van der Waals surface area contributed by atoms with Gasteiger partial charge in [-0.05, 0) is 33.2 Å². The van der Waals surface area contributed by atoms with Crippen molar-refractivity contribution in [2.75, 3.05) is 26.0 Å². The second-order valence-electron chi connectivity index (χ2n) is 5.07. The van der Waals surface area contributed by atoms with Crippen molar-refractivity contribution in [1.29, 1.82) is 0 Å². The largest absolute Gasteiger partial charge is 0.465 e. The van der Waals surface area contributed by atoms with E-state index in [1.807, 2.05) is 38.1 Å². The number of nitrogens with one attached hydrogen (secondary N) is 1. The van der Waals surface area contributed by atoms with Gasteiger partial charge in [0.15, 0.2) is 0 Å². The van der Waals surface area contributed by atoms with Crippen LogP contribution in [0.4, 0.5) is 5.69 Å². The number of hydrogen-bond donors (Lipinski definition) is 1. The molecule has 6 nitrogen and oxygen atoms in total. The number of aromatic nitrogens is 2. The van der Waals surface area contributed by atoms with Crippen molar-refractivity contribution in [3.05, 3.63) is 45.2 Å². The summed E-state index contributed by atoms with van der Waals surface area (Å²) in [7, 11) is 3.88. The lowest BCUT2D eigenvalue weighted by atomic mass is 10.4. The highest BCUT2D eigenvalue weighted by Gasteiger charge is 2.10. The SMILES string of the molecule is Cc1ccc(CNc2cnn(CCN(C)C)c(=O)c2Cl)o1. The number of anilines is 1. The van der Waals surface area contributed by atoms with Gasteiger partial charge in [-0.2, -0.15) is 5.10 Å². The summed E-state index contributed by atoms with van der Waals surface area (Å²) in [6, 6.07) is 3.76. The van der Waals surface area contributed by atoms with Gasteiger partial charge in [-0.15, -0.1) is 0 Å². The molecule has 7 heteroatoms. The first kappa shape index (κ1) is 15.6. The van der Waals surface area contributed by atoms with E-state index in [1.54, 1.807) is 6.20 Å². The highest BCUT2D eigenvalue weighted by Crippen LogP contribution is 2.17. The molecule has 0 atom stereocenters. The lowest BCUT2D eigenvalue weighted by Gasteiger charge is -2.12. The van der Waals surface area contributed by atoms with Gasteiger partial charge < -0.3 is 14.6 Å². The molecule has 0 saturated carbocycles. The predicted octanol–water partition coefficient (Wildman–Crippen LogP) is 1.97. The zero-order valence-electron chi connectivity index (χ0n) is 12.4. The number of hydrogen-bond acceptors (Lipinski definition) is 5. The zero-order valence-corrected chi connectivity index (χ0v) is 13.1. The van der Waals surface area contributed by atoms with Crippen molar-refractivity contribution in [3.8, 4) is 0 Å². The number of furan rings is 1. The molecule has 0 bridgehead atoms. The van der Waals surface area contributed by atoms with E-state index in [0.717, 1.165) is 18.1 Å². The molecule has 2 aromatic rings.